The van der Waals surface area contributed by atoms with Crippen LogP contribution in [-0.4, -0.2) is 48.1 Å². The first-order chi connectivity index (χ1) is 14.8. The molecule has 1 fully saturated rings. The Morgan fingerprint density at radius 1 is 1.35 bits per heavy atom. The second kappa shape index (κ2) is 10.1. The van der Waals surface area contributed by atoms with E-state index in [2.05, 4.69) is 4.90 Å². The molecule has 1 aliphatic heterocycles. The summed E-state index contributed by atoms with van der Waals surface area (Å²) >= 11 is 0. The van der Waals surface area contributed by atoms with Crippen LogP contribution in [0.5, 0.6) is 11.5 Å². The number of benzene rings is 1. The number of ether oxygens (including phenoxy) is 2. The molecule has 0 spiro atoms. The van der Waals surface area contributed by atoms with Crippen molar-refractivity contribution in [1.82, 2.24) is 4.90 Å². The number of aryl methyl sites for hydroxylation is 1. The van der Waals surface area contributed by atoms with Gasteiger partial charge in [0, 0.05) is 25.1 Å². The Kier molecular flexibility index (Phi) is 7.55. The van der Waals surface area contributed by atoms with Gasteiger partial charge in [-0.05, 0) is 49.1 Å². The molecule has 1 saturated carbocycles. The molecule has 31 heavy (non-hydrogen) atoms. The zero-order valence-electron chi connectivity index (χ0n) is 18.8. The van der Waals surface area contributed by atoms with Crippen molar-refractivity contribution in [3.8, 4) is 11.5 Å². The summed E-state index contributed by atoms with van der Waals surface area (Å²) in [7, 11) is 2.02. The van der Waals surface area contributed by atoms with Crippen molar-refractivity contribution in [2.45, 2.75) is 52.1 Å². The van der Waals surface area contributed by atoms with Crippen LogP contribution in [-0.2, 0) is 16.0 Å². The van der Waals surface area contributed by atoms with E-state index in [1.807, 2.05) is 32.3 Å². The standard InChI is InChI=1S/C25H33NO5/c1-5-18-8-11-22(31-25(29)16(2)3)24-23(18)20(12-13-26(4)14-17-6-7-17)21(28)10-9-19(27)15-30-24/h8-13,16-17,20-21,28H,5-7,14-15H2,1-4H3. The Balaban J connectivity index is 2.06. The molecule has 6 heteroatoms. The van der Waals surface area contributed by atoms with Crippen LogP contribution in [0.2, 0.25) is 0 Å². The van der Waals surface area contributed by atoms with Gasteiger partial charge < -0.3 is 19.5 Å². The Bertz CT molecular complexity index is 869. The van der Waals surface area contributed by atoms with Crippen molar-refractivity contribution in [1.29, 1.82) is 0 Å². The van der Waals surface area contributed by atoms with Crippen LogP contribution in [0.4, 0.5) is 0 Å². The minimum Gasteiger partial charge on any atom is -0.481 e. The first-order valence-electron chi connectivity index (χ1n) is 11.1. The van der Waals surface area contributed by atoms with Crippen LogP contribution >= 0.6 is 0 Å². The molecule has 0 amide bonds. The number of aliphatic hydroxyl groups excluding tert-OH is 1. The fourth-order valence-electron chi connectivity index (χ4n) is 3.66. The maximum atomic E-state index is 12.3. The lowest BCUT2D eigenvalue weighted by atomic mass is 9.87. The number of nitrogens with zero attached hydrogens (tertiary/aromatic N) is 1. The maximum absolute atomic E-state index is 12.3. The molecule has 1 heterocycles. The van der Waals surface area contributed by atoms with Gasteiger partial charge >= 0.3 is 5.97 Å². The van der Waals surface area contributed by atoms with Crippen molar-refractivity contribution in [2.24, 2.45) is 11.8 Å². The van der Waals surface area contributed by atoms with E-state index in [9.17, 15) is 14.7 Å². The number of hydrogen-bond donors (Lipinski definition) is 1. The van der Waals surface area contributed by atoms with Crippen LogP contribution in [0.3, 0.4) is 0 Å². The van der Waals surface area contributed by atoms with E-state index in [0.717, 1.165) is 23.6 Å². The van der Waals surface area contributed by atoms with E-state index in [4.69, 9.17) is 9.47 Å². The highest BCUT2D eigenvalue weighted by Crippen LogP contribution is 2.42. The minimum atomic E-state index is -0.920. The summed E-state index contributed by atoms with van der Waals surface area (Å²) in [5.74, 6) is -0.0346. The van der Waals surface area contributed by atoms with E-state index in [1.54, 1.807) is 19.9 Å². The van der Waals surface area contributed by atoms with Crippen LogP contribution < -0.4 is 9.47 Å². The van der Waals surface area contributed by atoms with E-state index in [1.165, 1.54) is 25.0 Å². The lowest BCUT2D eigenvalue weighted by Gasteiger charge is -2.25. The van der Waals surface area contributed by atoms with Crippen LogP contribution in [0.15, 0.2) is 36.6 Å². The molecule has 0 radical (unpaired) electrons. The van der Waals surface area contributed by atoms with Gasteiger partial charge in [-0.25, -0.2) is 0 Å². The molecule has 0 saturated heterocycles. The molecule has 6 nitrogen and oxygen atoms in total. The van der Waals surface area contributed by atoms with Gasteiger partial charge in [0.05, 0.1) is 12.0 Å². The molecule has 1 aromatic carbocycles. The number of hydrogen-bond acceptors (Lipinski definition) is 6. The highest BCUT2D eigenvalue weighted by atomic mass is 16.6. The van der Waals surface area contributed by atoms with Crippen molar-refractivity contribution in [3.05, 3.63) is 47.7 Å². The van der Waals surface area contributed by atoms with Gasteiger partial charge in [-0.1, -0.05) is 39.0 Å². The predicted molar refractivity (Wildman–Crippen MR) is 119 cm³/mol. The summed E-state index contributed by atoms with van der Waals surface area (Å²) in [4.78, 5) is 26.6. The van der Waals surface area contributed by atoms with Crippen LogP contribution in [0.25, 0.3) is 0 Å². The summed E-state index contributed by atoms with van der Waals surface area (Å²) in [6.45, 7) is 6.33. The second-order valence-corrected chi connectivity index (χ2v) is 8.75. The van der Waals surface area contributed by atoms with Gasteiger partial charge in [-0.3, -0.25) is 9.59 Å². The summed E-state index contributed by atoms with van der Waals surface area (Å²) in [6.07, 6.45) is 9.11. The molecule has 1 aliphatic carbocycles. The molecule has 3 rings (SSSR count). The van der Waals surface area contributed by atoms with Gasteiger partial charge in [0.15, 0.2) is 23.9 Å². The average molecular weight is 428 g/mol. The van der Waals surface area contributed by atoms with E-state index < -0.39 is 12.0 Å². The number of ketones is 1. The molecule has 2 unspecified atom stereocenters. The normalized spacial score (nSPS) is 21.3. The molecule has 168 valence electrons. The molecule has 2 aliphatic rings. The number of rotatable bonds is 7. The van der Waals surface area contributed by atoms with Crippen molar-refractivity contribution in [3.63, 3.8) is 0 Å². The largest absolute Gasteiger partial charge is 0.481 e. The predicted octanol–water partition coefficient (Wildman–Crippen LogP) is 3.63. The van der Waals surface area contributed by atoms with Gasteiger partial charge in [0.2, 0.25) is 0 Å². The number of fused-ring (bicyclic) bond motifs is 1. The van der Waals surface area contributed by atoms with Crippen LogP contribution in [0.1, 0.15) is 50.7 Å². The lowest BCUT2D eigenvalue weighted by Crippen LogP contribution is -2.20. The highest BCUT2D eigenvalue weighted by molar-refractivity contribution is 5.91. The van der Waals surface area contributed by atoms with Crippen molar-refractivity contribution >= 4 is 11.8 Å². The summed E-state index contributed by atoms with van der Waals surface area (Å²) in [6, 6.07) is 3.61. The minimum absolute atomic E-state index is 0.187. The zero-order valence-corrected chi connectivity index (χ0v) is 18.8. The zero-order chi connectivity index (χ0) is 22.5. The summed E-state index contributed by atoms with van der Waals surface area (Å²) in [5, 5.41) is 11.0. The number of carbonyl (C=O) groups excluding carboxylic acids is 2. The number of aliphatic hydroxyl groups is 1. The van der Waals surface area contributed by atoms with Crippen molar-refractivity contribution in [2.75, 3.05) is 20.2 Å². The molecule has 1 N–H and O–H groups in total. The number of carbonyl (C=O) groups is 2. The molecular formula is C25H33NO5. The molecular weight excluding hydrogens is 394 g/mol. The Hall–Kier alpha value is -2.60. The third-order valence-corrected chi connectivity index (χ3v) is 5.64. The fourth-order valence-corrected chi connectivity index (χ4v) is 3.66. The first-order valence-corrected chi connectivity index (χ1v) is 11.1. The van der Waals surface area contributed by atoms with E-state index in [-0.39, 0.29) is 30.0 Å². The third kappa shape index (κ3) is 5.97. The quantitative estimate of drug-likeness (QED) is 0.529. The van der Waals surface area contributed by atoms with E-state index in [0.29, 0.717) is 12.2 Å². The Labute approximate surface area is 184 Å². The topological polar surface area (TPSA) is 76.1 Å². The lowest BCUT2D eigenvalue weighted by molar-refractivity contribution is -0.137. The van der Waals surface area contributed by atoms with Gasteiger partial charge in [-0.15, -0.1) is 0 Å². The fraction of sp³-hybridized carbons (Fsp3) is 0.520. The van der Waals surface area contributed by atoms with Crippen molar-refractivity contribution < 1.29 is 24.2 Å². The van der Waals surface area contributed by atoms with Gasteiger partial charge in [0.25, 0.3) is 0 Å². The summed E-state index contributed by atoms with van der Waals surface area (Å²) in [5.41, 5.74) is 1.72. The Morgan fingerprint density at radius 3 is 2.74 bits per heavy atom. The highest BCUT2D eigenvalue weighted by Gasteiger charge is 2.29. The van der Waals surface area contributed by atoms with Crippen LogP contribution in [0, 0.1) is 11.8 Å². The monoisotopic (exact) mass is 427 g/mol. The molecule has 2 atom stereocenters. The average Bonchev–Trinajstić information content (AvgIpc) is 3.54. The molecule has 0 bridgehead atoms. The molecule has 1 aromatic rings. The maximum Gasteiger partial charge on any atom is 0.313 e. The van der Waals surface area contributed by atoms with Gasteiger partial charge in [0.1, 0.15) is 0 Å². The molecule has 0 aromatic heterocycles. The number of esters is 1. The van der Waals surface area contributed by atoms with Gasteiger partial charge in [-0.2, -0.15) is 0 Å². The second-order valence-electron chi connectivity index (χ2n) is 8.75. The van der Waals surface area contributed by atoms with E-state index >= 15 is 0 Å². The Morgan fingerprint density at radius 2 is 2.10 bits per heavy atom. The SMILES string of the molecule is CCc1ccc(OC(=O)C(C)C)c2c1C(C=CN(C)CC1CC1)C(O)C=CC(=O)CO2. The smallest absolute Gasteiger partial charge is 0.313 e. The summed E-state index contributed by atoms with van der Waals surface area (Å²) < 4.78 is 11.5. The third-order valence-electron chi connectivity index (χ3n) is 5.64. The first kappa shape index (κ1) is 23.1.